The number of hydrogen-bond acceptors (Lipinski definition) is 6. The van der Waals surface area contributed by atoms with Crippen LogP contribution in [0.15, 0.2) is 65.1 Å². The van der Waals surface area contributed by atoms with E-state index in [9.17, 15) is 31.2 Å². The van der Waals surface area contributed by atoms with Gasteiger partial charge in [-0.15, -0.1) is 0 Å². The molecule has 33 heavy (non-hydrogen) atoms. The molecule has 174 valence electrons. The lowest BCUT2D eigenvalue weighted by Gasteiger charge is -2.20. The summed E-state index contributed by atoms with van der Waals surface area (Å²) in [5, 5.41) is 1.29. The molecule has 3 aromatic rings. The van der Waals surface area contributed by atoms with Gasteiger partial charge in [-0.1, -0.05) is 52.3 Å². The fraction of sp³-hybridized carbons (Fsp3) is 0.143. The predicted molar refractivity (Wildman–Crippen MR) is 115 cm³/mol. The number of esters is 2. The van der Waals surface area contributed by atoms with Crippen LogP contribution >= 0.6 is 15.9 Å². The number of carbonyl (C=O) groups is 2. The Bertz CT molecular complexity index is 1320. The number of fused-ring (bicyclic) bond motifs is 1. The molecule has 0 aromatic heterocycles. The predicted octanol–water partition coefficient (Wildman–Crippen LogP) is 4.80. The average Bonchev–Trinajstić information content (AvgIpc) is 2.71. The van der Waals surface area contributed by atoms with Crippen LogP contribution in [0.25, 0.3) is 10.8 Å². The van der Waals surface area contributed by atoms with Crippen molar-refractivity contribution in [2.24, 2.45) is 0 Å². The molecule has 0 saturated heterocycles. The van der Waals surface area contributed by atoms with Crippen molar-refractivity contribution >= 4 is 48.8 Å². The molecule has 1 N–H and O–H groups in total. The molecule has 1 atom stereocenters. The largest absolute Gasteiger partial charge is 0.448 e. The summed E-state index contributed by atoms with van der Waals surface area (Å²) in [6, 6.07) is 15.3. The summed E-state index contributed by atoms with van der Waals surface area (Å²) in [7, 11) is -5.12. The maximum Gasteiger partial charge on any atom is 0.426 e. The highest BCUT2D eigenvalue weighted by atomic mass is 79.9. The minimum absolute atomic E-state index is 0.145. The highest BCUT2D eigenvalue weighted by Crippen LogP contribution is 2.30. The standard InChI is InChI=1S/C21H14BrF3O7S/c22-13-8-9-16(20(27)32-18(21(23,24)25)11-33(28,29)30)17(10-13)31-19(26)15-7-3-5-12-4-1-2-6-14(12)15/h1-10,18H,11H2,(H,28,29,30). The fourth-order valence-corrected chi connectivity index (χ4v) is 3.87. The van der Waals surface area contributed by atoms with Gasteiger partial charge >= 0.3 is 18.1 Å². The zero-order valence-corrected chi connectivity index (χ0v) is 18.8. The van der Waals surface area contributed by atoms with Crippen LogP contribution < -0.4 is 4.74 Å². The minimum Gasteiger partial charge on any atom is -0.448 e. The molecule has 0 radical (unpaired) electrons. The van der Waals surface area contributed by atoms with Crippen molar-refractivity contribution in [2.45, 2.75) is 12.3 Å². The second-order valence-corrected chi connectivity index (χ2v) is 9.15. The highest BCUT2D eigenvalue weighted by molar-refractivity contribution is 9.10. The first kappa shape index (κ1) is 24.7. The summed E-state index contributed by atoms with van der Waals surface area (Å²) in [6.07, 6.45) is -8.41. The van der Waals surface area contributed by atoms with Gasteiger partial charge in [0.15, 0.2) is 0 Å². The van der Waals surface area contributed by atoms with Gasteiger partial charge in [0.2, 0.25) is 6.10 Å². The number of carbonyl (C=O) groups excluding carboxylic acids is 2. The topological polar surface area (TPSA) is 107 Å². The van der Waals surface area contributed by atoms with Crippen LogP contribution in [0.2, 0.25) is 0 Å². The van der Waals surface area contributed by atoms with Gasteiger partial charge in [-0.3, -0.25) is 4.55 Å². The van der Waals surface area contributed by atoms with Gasteiger partial charge in [0, 0.05) is 4.47 Å². The molecular formula is C21H14BrF3O7S. The van der Waals surface area contributed by atoms with Gasteiger partial charge in [0.05, 0.1) is 5.56 Å². The molecule has 12 heteroatoms. The molecule has 0 saturated carbocycles. The summed E-state index contributed by atoms with van der Waals surface area (Å²) in [5.41, 5.74) is -0.414. The summed E-state index contributed by atoms with van der Waals surface area (Å²) < 4.78 is 79.9. The van der Waals surface area contributed by atoms with E-state index >= 15 is 0 Å². The first-order chi connectivity index (χ1) is 15.3. The Balaban J connectivity index is 1.93. The zero-order chi connectivity index (χ0) is 24.4. The van der Waals surface area contributed by atoms with E-state index in [-0.39, 0.29) is 5.56 Å². The molecule has 7 nitrogen and oxygen atoms in total. The molecule has 0 aliphatic carbocycles. The van der Waals surface area contributed by atoms with Gasteiger partial charge in [-0.05, 0) is 35.0 Å². The Morgan fingerprint density at radius 2 is 1.64 bits per heavy atom. The van der Waals surface area contributed by atoms with E-state index in [0.29, 0.717) is 9.86 Å². The molecule has 0 aliphatic heterocycles. The van der Waals surface area contributed by atoms with Crippen molar-refractivity contribution in [1.29, 1.82) is 0 Å². The summed E-state index contributed by atoms with van der Waals surface area (Å²) >= 11 is 3.12. The van der Waals surface area contributed by atoms with Crippen LogP contribution in [0.1, 0.15) is 20.7 Å². The molecule has 0 fully saturated rings. The maximum absolute atomic E-state index is 13.1. The number of ether oxygens (including phenoxy) is 2. The molecule has 0 amide bonds. The van der Waals surface area contributed by atoms with Crippen LogP contribution in [0, 0.1) is 0 Å². The molecule has 3 rings (SSSR count). The third kappa shape index (κ3) is 6.30. The molecule has 0 spiro atoms. The molecule has 0 aliphatic rings. The first-order valence-electron chi connectivity index (χ1n) is 9.07. The second-order valence-electron chi connectivity index (χ2n) is 6.74. The van der Waals surface area contributed by atoms with E-state index < -0.39 is 51.4 Å². The Labute approximate surface area is 194 Å². The molecule has 3 aromatic carbocycles. The molecular weight excluding hydrogens is 533 g/mol. The monoisotopic (exact) mass is 546 g/mol. The number of halogens is 4. The molecule has 0 heterocycles. The SMILES string of the molecule is O=C(OC(CS(=O)(=O)O)C(F)(F)F)c1ccc(Br)cc1OC(=O)c1cccc2ccccc12. The maximum atomic E-state index is 13.1. The quantitative estimate of drug-likeness (QED) is 0.269. The van der Waals surface area contributed by atoms with Gasteiger partial charge in [0.25, 0.3) is 10.1 Å². The summed E-state index contributed by atoms with van der Waals surface area (Å²) in [6.45, 7) is 0. The molecule has 0 bridgehead atoms. The Hall–Kier alpha value is -2.96. The van der Waals surface area contributed by atoms with Gasteiger partial charge in [-0.2, -0.15) is 21.6 Å². The number of hydrogen-bond donors (Lipinski definition) is 1. The van der Waals surface area contributed by atoms with Crippen LogP contribution in [0.3, 0.4) is 0 Å². The lowest BCUT2D eigenvalue weighted by atomic mass is 10.0. The van der Waals surface area contributed by atoms with Gasteiger partial charge in [0.1, 0.15) is 17.1 Å². The Kier molecular flexibility index (Phi) is 7.10. The summed E-state index contributed by atoms with van der Waals surface area (Å²) in [5.74, 6) is -4.79. The smallest absolute Gasteiger partial charge is 0.426 e. The van der Waals surface area contributed by atoms with Crippen LogP contribution in [0.5, 0.6) is 5.75 Å². The van der Waals surface area contributed by atoms with Crippen molar-refractivity contribution < 1.29 is 45.2 Å². The van der Waals surface area contributed by atoms with E-state index in [1.807, 2.05) is 0 Å². The fourth-order valence-electron chi connectivity index (χ4n) is 2.89. The van der Waals surface area contributed by atoms with Crippen molar-refractivity contribution in [1.82, 2.24) is 0 Å². The Morgan fingerprint density at radius 1 is 0.970 bits per heavy atom. The van der Waals surface area contributed by atoms with Crippen molar-refractivity contribution in [2.75, 3.05) is 5.75 Å². The Morgan fingerprint density at radius 3 is 2.30 bits per heavy atom. The van der Waals surface area contributed by atoms with E-state index in [4.69, 9.17) is 9.29 Å². The highest BCUT2D eigenvalue weighted by Gasteiger charge is 2.45. The number of rotatable bonds is 6. The number of alkyl halides is 3. The third-order valence-corrected chi connectivity index (χ3v) is 5.57. The first-order valence-corrected chi connectivity index (χ1v) is 11.5. The van der Waals surface area contributed by atoms with Crippen LogP contribution in [-0.2, 0) is 14.9 Å². The van der Waals surface area contributed by atoms with E-state index in [1.54, 1.807) is 36.4 Å². The van der Waals surface area contributed by atoms with E-state index in [0.717, 1.165) is 11.5 Å². The molecule has 1 unspecified atom stereocenters. The van der Waals surface area contributed by atoms with Crippen molar-refractivity contribution in [3.63, 3.8) is 0 Å². The van der Waals surface area contributed by atoms with E-state index in [2.05, 4.69) is 20.7 Å². The van der Waals surface area contributed by atoms with Crippen molar-refractivity contribution in [3.05, 3.63) is 76.3 Å². The van der Waals surface area contributed by atoms with Crippen molar-refractivity contribution in [3.8, 4) is 5.75 Å². The lowest BCUT2D eigenvalue weighted by Crippen LogP contribution is -2.39. The number of benzene rings is 3. The second kappa shape index (κ2) is 9.49. The zero-order valence-electron chi connectivity index (χ0n) is 16.4. The van der Waals surface area contributed by atoms with Crippen LogP contribution in [-0.4, -0.2) is 42.9 Å². The van der Waals surface area contributed by atoms with Gasteiger partial charge < -0.3 is 9.47 Å². The lowest BCUT2D eigenvalue weighted by molar-refractivity contribution is -0.197. The van der Waals surface area contributed by atoms with E-state index in [1.165, 1.54) is 18.2 Å². The average molecular weight is 547 g/mol. The third-order valence-electron chi connectivity index (χ3n) is 4.35. The van der Waals surface area contributed by atoms with Gasteiger partial charge in [-0.25, -0.2) is 9.59 Å². The minimum atomic E-state index is -5.28. The van der Waals surface area contributed by atoms with Crippen LogP contribution in [0.4, 0.5) is 13.2 Å². The summed E-state index contributed by atoms with van der Waals surface area (Å²) in [4.78, 5) is 25.2. The normalized spacial score (nSPS) is 12.9.